The van der Waals surface area contributed by atoms with Crippen LogP contribution in [0.4, 0.5) is 35.9 Å². The summed E-state index contributed by atoms with van der Waals surface area (Å²) in [6.07, 6.45) is 13.9. The second-order valence-electron chi connectivity index (χ2n) is 29.6. The third kappa shape index (κ3) is 8.73. The number of allylic oxidation sites excluding steroid dienone is 10. The Kier molecular flexibility index (Phi) is 13.8. The molecule has 4 aromatic carbocycles. The Bertz CT molecular complexity index is 4230. The summed E-state index contributed by atoms with van der Waals surface area (Å²) in [5.41, 5.74) is 16.0. The maximum absolute atomic E-state index is 14.4. The van der Waals surface area contributed by atoms with Crippen molar-refractivity contribution in [3.63, 3.8) is 0 Å². The molecule has 1 saturated heterocycles. The second kappa shape index (κ2) is 21.0. The summed E-state index contributed by atoms with van der Waals surface area (Å²) in [5, 5.41) is 0.194. The van der Waals surface area contributed by atoms with Crippen LogP contribution >= 0.6 is 23.2 Å². The van der Waals surface area contributed by atoms with E-state index in [2.05, 4.69) is 160 Å². The van der Waals surface area contributed by atoms with Crippen LogP contribution in [0.3, 0.4) is 0 Å². The zero-order valence-corrected chi connectivity index (χ0v) is 55.7. The minimum atomic E-state index is -5.95. The molecule has 10 aliphatic heterocycles. The molecule has 16 heteroatoms. The van der Waals surface area contributed by atoms with E-state index >= 15 is 0 Å². The van der Waals surface area contributed by atoms with Crippen LogP contribution in [-0.4, -0.2) is 85.9 Å². The van der Waals surface area contributed by atoms with E-state index in [9.17, 15) is 26.4 Å². The fourth-order valence-electron chi connectivity index (χ4n) is 19.5. The Balaban J connectivity index is 0.000000142. The number of anilines is 3. The van der Waals surface area contributed by atoms with E-state index in [-0.39, 0.29) is 62.6 Å². The largest absolute Gasteiger partial charge is 0.534 e. The van der Waals surface area contributed by atoms with Crippen molar-refractivity contribution in [1.29, 1.82) is 0 Å². The Hall–Kier alpha value is -6.42. The fraction of sp³-hybridized carbons (Fsp3) is 0.447. The molecule has 0 aromatic heterocycles. The number of benzene rings is 4. The molecular weight excluding hydrogens is 1220 g/mol. The molecule has 8 atom stereocenters. The third-order valence-electron chi connectivity index (χ3n) is 23.4. The van der Waals surface area contributed by atoms with Gasteiger partial charge in [0, 0.05) is 116 Å². The molecule has 18 rings (SSSR count). The number of alkyl halides is 5. The summed E-state index contributed by atoms with van der Waals surface area (Å²) < 4.78 is 88.9. The number of hydrogen-bond donors (Lipinski definition) is 0. The minimum absolute atomic E-state index is 0.0754. The molecule has 0 N–H and O–H groups in total. The minimum Gasteiger partial charge on any atom is -0.375 e. The molecule has 10 nitrogen and oxygen atoms in total. The van der Waals surface area contributed by atoms with Crippen molar-refractivity contribution in [2.24, 2.45) is 23.7 Å². The first kappa shape index (κ1) is 60.5. The molecule has 4 aliphatic carbocycles. The molecule has 478 valence electrons. The zero-order valence-electron chi connectivity index (χ0n) is 53.4. The smallest absolute Gasteiger partial charge is 0.375 e. The van der Waals surface area contributed by atoms with Crippen LogP contribution in [-0.2, 0) is 50.2 Å². The summed E-state index contributed by atoms with van der Waals surface area (Å²) in [6.45, 7) is 21.9. The average Bonchev–Trinajstić information content (AvgIpc) is 1.48. The van der Waals surface area contributed by atoms with Crippen molar-refractivity contribution in [2.45, 2.75) is 158 Å². The van der Waals surface area contributed by atoms with Gasteiger partial charge in [-0.2, -0.15) is 26.2 Å². The number of rotatable bonds is 2. The zero-order chi connectivity index (χ0) is 64.1. The lowest BCUT2D eigenvalue weighted by Crippen LogP contribution is -2.46. The molecular formula is C76H78Cl2F3N4O6S+. The molecule has 4 aromatic rings. The van der Waals surface area contributed by atoms with Crippen LogP contribution < -0.4 is 14.7 Å². The molecule has 0 saturated carbocycles. The molecule has 2 unspecified atom stereocenters. The highest BCUT2D eigenvalue weighted by Crippen LogP contribution is 2.60. The molecule has 0 radical (unpaired) electrons. The number of halogens is 5. The average molecular weight is 1300 g/mol. The van der Waals surface area contributed by atoms with Gasteiger partial charge < -0.3 is 28.4 Å². The van der Waals surface area contributed by atoms with Gasteiger partial charge in [-0.15, -0.1) is 23.2 Å². The van der Waals surface area contributed by atoms with E-state index in [0.717, 1.165) is 110 Å². The third-order valence-corrected chi connectivity index (χ3v) is 24.3. The number of carbonyl (C=O) groups is 1. The van der Waals surface area contributed by atoms with Gasteiger partial charge in [0.05, 0.1) is 35.2 Å². The highest BCUT2D eigenvalue weighted by atomic mass is 35.5. The number of ketones is 1. The summed E-state index contributed by atoms with van der Waals surface area (Å²) in [6, 6.07) is 34.3. The summed E-state index contributed by atoms with van der Waals surface area (Å²) in [4.78, 5) is 21.8. The lowest BCUT2D eigenvalue weighted by molar-refractivity contribution is -0.444. The molecule has 1 fully saturated rings. The number of carbonyl (C=O) groups excluding carboxylic acids is 1. The van der Waals surface area contributed by atoms with Crippen LogP contribution in [0.5, 0.6) is 0 Å². The number of Topliss-reactive ketones (excluding diaryl/α,β-unsaturated/α-hetero) is 1. The van der Waals surface area contributed by atoms with Crippen LogP contribution in [0.2, 0.25) is 0 Å². The quantitative estimate of drug-likeness (QED) is 0.0842. The molecule has 10 heterocycles. The number of para-hydroxylation sites is 4. The Morgan fingerprint density at radius 3 is 1.35 bits per heavy atom. The molecule has 0 bridgehead atoms. The Morgan fingerprint density at radius 1 is 0.511 bits per heavy atom. The van der Waals surface area contributed by atoms with Crippen molar-refractivity contribution in [3.05, 3.63) is 211 Å². The Morgan fingerprint density at radius 2 is 0.891 bits per heavy atom. The first-order chi connectivity index (χ1) is 43.8. The molecule has 0 spiro atoms. The monoisotopic (exact) mass is 1300 g/mol. The van der Waals surface area contributed by atoms with Gasteiger partial charge in [-0.1, -0.05) is 114 Å². The van der Waals surface area contributed by atoms with E-state index in [4.69, 9.17) is 36.9 Å². The van der Waals surface area contributed by atoms with Gasteiger partial charge in [0.25, 0.3) is 0 Å². The van der Waals surface area contributed by atoms with E-state index in [1.807, 2.05) is 36.4 Å². The summed E-state index contributed by atoms with van der Waals surface area (Å²) in [7, 11) is -5.95. The van der Waals surface area contributed by atoms with Crippen LogP contribution in [0, 0.1) is 23.7 Å². The topological polar surface area (TPSA) is 91.6 Å². The van der Waals surface area contributed by atoms with Gasteiger partial charge in [0.15, 0.2) is 17.3 Å². The van der Waals surface area contributed by atoms with Crippen molar-refractivity contribution >= 4 is 67.6 Å². The number of nitrogens with zero attached hydrogens (tertiary/aromatic N) is 4. The van der Waals surface area contributed by atoms with Gasteiger partial charge in [-0.05, 0) is 158 Å². The maximum Gasteiger partial charge on any atom is 0.534 e. The van der Waals surface area contributed by atoms with E-state index in [1.165, 1.54) is 56.2 Å². The van der Waals surface area contributed by atoms with Crippen molar-refractivity contribution < 1.29 is 44.6 Å². The first-order valence-corrected chi connectivity index (χ1v) is 35.5. The number of hydrogen-bond acceptors (Lipinski definition) is 9. The highest BCUT2D eigenvalue weighted by molar-refractivity contribution is 7.87. The second-order valence-corrected chi connectivity index (χ2v) is 32.0. The van der Waals surface area contributed by atoms with Gasteiger partial charge in [0.2, 0.25) is 5.69 Å². The van der Waals surface area contributed by atoms with Crippen LogP contribution in [0.25, 0.3) is 0 Å². The number of fused-ring (bicyclic) bond motifs is 20. The standard InChI is InChI=1S/C38H38F3N2O4S.C37H38N2O2.CH2Cl2/c1-36(2)27-9-5-7-11-29(27)42-15-13-21-17-31-25(19-23(21)34(36)42)33(47-48(44,45)38(39,40)41)26-20-24-22(18-32(26)46-31)14-16-43-30-12-8-6-10-28(30)37(3,4)35(24)43;1-36(2)27-9-5-7-11-29(27)38-15-13-21-17-31-25(19-23(21)34(36)38)33(40)26-20-24-22(18-32(26)41-31)14-16-39-30-12-8-6-10-28(30)37(3,4)35(24)39;2-1-3/h5-12,19-22,31-32H,13-18H2,1-4H3;5-12,19-22,31-32H,13-18H2,1-4H3;1H2/q+1;;/t2*21-,22+,31+,32?;/m11./s1. The lowest BCUT2D eigenvalue weighted by Gasteiger charge is -2.46. The summed E-state index contributed by atoms with van der Waals surface area (Å²) in [5.74, 6) is 1.16. The van der Waals surface area contributed by atoms with Gasteiger partial charge in [-0.3, -0.25) is 4.79 Å². The predicted molar refractivity (Wildman–Crippen MR) is 356 cm³/mol. The van der Waals surface area contributed by atoms with E-state index < -0.39 is 27.8 Å². The van der Waals surface area contributed by atoms with Crippen LogP contribution in [0.1, 0.15) is 129 Å². The number of ether oxygens (including phenoxy) is 2. The predicted octanol–water partition coefficient (Wildman–Crippen LogP) is 16.3. The van der Waals surface area contributed by atoms with Gasteiger partial charge in [-0.25, -0.2) is 0 Å². The van der Waals surface area contributed by atoms with Crippen molar-refractivity contribution in [3.8, 4) is 0 Å². The van der Waals surface area contributed by atoms with E-state index in [1.54, 1.807) is 0 Å². The maximum atomic E-state index is 14.4. The van der Waals surface area contributed by atoms with Gasteiger partial charge >= 0.3 is 15.6 Å². The lowest BCUT2D eigenvalue weighted by atomic mass is 9.68. The fourth-order valence-corrected chi connectivity index (χ4v) is 20.0. The molecule has 0 amide bonds. The SMILES string of the molecule is CC1(C)C2=C3C=C4C(=O)C5=CC6=C7N(CC[C@H]6CC5O[C@H]4C[C@H]3CCN2c2ccccc21)c1ccccc1C7(C)C.CC1(C)C2=C3C=C4C(OS(=O)(=O)C(F)(F)F)=C5C=C6C7=[N+](CC[C@H]6CC5O[C@H]4C[C@H]3CCN2c2ccccc21)c1ccccc1C7(C)C.ClCCl. The Labute approximate surface area is 548 Å². The van der Waals surface area contributed by atoms with Gasteiger partial charge in [0.1, 0.15) is 6.54 Å². The summed E-state index contributed by atoms with van der Waals surface area (Å²) >= 11 is 9.53. The molecule has 92 heavy (non-hydrogen) atoms. The van der Waals surface area contributed by atoms with Crippen LogP contribution in [0.15, 0.2) is 189 Å². The van der Waals surface area contributed by atoms with Crippen molar-refractivity contribution in [2.75, 3.05) is 46.2 Å². The van der Waals surface area contributed by atoms with Crippen molar-refractivity contribution in [1.82, 2.24) is 0 Å². The van der Waals surface area contributed by atoms with E-state index in [0.29, 0.717) is 35.8 Å². The first-order valence-electron chi connectivity index (χ1n) is 33.0. The highest BCUT2D eigenvalue weighted by Gasteiger charge is 2.58. The molecule has 14 aliphatic rings. The normalized spacial score (nSPS) is 29.7.